The van der Waals surface area contributed by atoms with Crippen molar-refractivity contribution in [2.75, 3.05) is 6.54 Å². The highest BCUT2D eigenvalue weighted by molar-refractivity contribution is 5.75. The quantitative estimate of drug-likeness (QED) is 0.274. The minimum absolute atomic E-state index is 0.247. The van der Waals surface area contributed by atoms with Gasteiger partial charge in [-0.05, 0) is 12.8 Å². The number of hydrogen-bond acceptors (Lipinski definition) is 1. The van der Waals surface area contributed by atoms with Gasteiger partial charge in [0.05, 0.1) is 0 Å². The van der Waals surface area contributed by atoms with E-state index in [4.69, 9.17) is 0 Å². The molecular weight excluding hydrogens is 294 g/mol. The van der Waals surface area contributed by atoms with Crippen molar-refractivity contribution in [2.24, 2.45) is 0 Å². The first-order chi connectivity index (χ1) is 11.8. The molecule has 0 aliphatic heterocycles. The Morgan fingerprint density at radius 2 is 0.958 bits per heavy atom. The summed E-state index contributed by atoms with van der Waals surface area (Å²) in [5.41, 5.74) is 0. The monoisotopic (exact) mass is 341 g/mol. The number of unbranched alkanes of at least 4 members (excludes halogenated alkanes) is 13. The number of rotatable bonds is 17. The van der Waals surface area contributed by atoms with Crippen LogP contribution in [0.5, 0.6) is 0 Å². The fourth-order valence-electron chi connectivity index (χ4n) is 2.82. The fraction of sp³-hybridized carbons (Fsp3) is 0.955. The molecule has 0 aromatic rings. The predicted molar refractivity (Wildman–Crippen MR) is 110 cm³/mol. The highest BCUT2D eigenvalue weighted by Crippen LogP contribution is 2.11. The SMILES string of the molecule is CC.CCCCCCCCCCCCCCNC(=O)CCCCC. The van der Waals surface area contributed by atoms with Crippen molar-refractivity contribution in [1.29, 1.82) is 0 Å². The van der Waals surface area contributed by atoms with Gasteiger partial charge in [0.2, 0.25) is 5.91 Å². The molecule has 146 valence electrons. The van der Waals surface area contributed by atoms with Gasteiger partial charge in [-0.2, -0.15) is 0 Å². The number of amides is 1. The second-order valence-corrected chi connectivity index (χ2v) is 6.70. The minimum atomic E-state index is 0.247. The molecule has 0 spiro atoms. The maximum absolute atomic E-state index is 11.5. The lowest BCUT2D eigenvalue weighted by Crippen LogP contribution is -2.23. The molecule has 2 heteroatoms. The third-order valence-electron chi connectivity index (χ3n) is 4.36. The van der Waals surface area contributed by atoms with E-state index in [1.165, 1.54) is 83.5 Å². The standard InChI is InChI=1S/C20H41NO.C2H6/c1-3-5-7-8-9-10-11-12-13-14-15-17-19-21-20(22)18-16-6-4-2;1-2/h3-19H2,1-2H3,(H,21,22);1-2H3. The van der Waals surface area contributed by atoms with Crippen molar-refractivity contribution in [3.63, 3.8) is 0 Å². The summed E-state index contributed by atoms with van der Waals surface area (Å²) in [5.74, 6) is 0.247. The van der Waals surface area contributed by atoms with Crippen LogP contribution in [-0.4, -0.2) is 12.5 Å². The first kappa shape index (κ1) is 25.7. The Morgan fingerprint density at radius 1 is 0.583 bits per heavy atom. The highest BCUT2D eigenvalue weighted by atomic mass is 16.1. The summed E-state index contributed by atoms with van der Waals surface area (Å²) < 4.78 is 0. The van der Waals surface area contributed by atoms with E-state index < -0.39 is 0 Å². The van der Waals surface area contributed by atoms with E-state index in [1.807, 2.05) is 13.8 Å². The third kappa shape index (κ3) is 23.7. The number of nitrogens with one attached hydrogen (secondary N) is 1. The van der Waals surface area contributed by atoms with E-state index in [0.29, 0.717) is 6.42 Å². The van der Waals surface area contributed by atoms with Crippen LogP contribution in [0.2, 0.25) is 0 Å². The Balaban J connectivity index is 0. The largest absolute Gasteiger partial charge is 0.356 e. The molecule has 24 heavy (non-hydrogen) atoms. The van der Waals surface area contributed by atoms with Gasteiger partial charge in [0.25, 0.3) is 0 Å². The van der Waals surface area contributed by atoms with Crippen molar-refractivity contribution in [1.82, 2.24) is 5.32 Å². The molecule has 0 saturated carbocycles. The Hall–Kier alpha value is -0.530. The van der Waals surface area contributed by atoms with Gasteiger partial charge < -0.3 is 5.32 Å². The summed E-state index contributed by atoms with van der Waals surface area (Å²) in [4.78, 5) is 11.5. The summed E-state index contributed by atoms with van der Waals surface area (Å²) in [6, 6.07) is 0. The molecule has 0 rings (SSSR count). The average Bonchev–Trinajstić information content (AvgIpc) is 2.61. The lowest BCUT2D eigenvalue weighted by molar-refractivity contribution is -0.121. The van der Waals surface area contributed by atoms with E-state index in [-0.39, 0.29) is 5.91 Å². The normalized spacial score (nSPS) is 10.2. The third-order valence-corrected chi connectivity index (χ3v) is 4.36. The van der Waals surface area contributed by atoms with E-state index in [2.05, 4.69) is 19.2 Å². The van der Waals surface area contributed by atoms with Crippen LogP contribution in [0.4, 0.5) is 0 Å². The van der Waals surface area contributed by atoms with E-state index in [0.717, 1.165) is 19.4 Å². The smallest absolute Gasteiger partial charge is 0.219 e. The van der Waals surface area contributed by atoms with Crippen molar-refractivity contribution < 1.29 is 4.79 Å². The van der Waals surface area contributed by atoms with Crippen LogP contribution in [0.15, 0.2) is 0 Å². The summed E-state index contributed by atoms with van der Waals surface area (Å²) >= 11 is 0. The lowest BCUT2D eigenvalue weighted by atomic mass is 10.1. The molecule has 0 saturated heterocycles. The van der Waals surface area contributed by atoms with Gasteiger partial charge in [0.1, 0.15) is 0 Å². The van der Waals surface area contributed by atoms with Crippen LogP contribution < -0.4 is 5.32 Å². The topological polar surface area (TPSA) is 29.1 Å². The number of hydrogen-bond donors (Lipinski definition) is 1. The Bertz CT molecular complexity index is 228. The van der Waals surface area contributed by atoms with Crippen LogP contribution in [0.25, 0.3) is 0 Å². The number of carbonyl (C=O) groups excluding carboxylic acids is 1. The first-order valence-corrected chi connectivity index (χ1v) is 11.1. The van der Waals surface area contributed by atoms with Crippen molar-refractivity contribution in [3.8, 4) is 0 Å². The van der Waals surface area contributed by atoms with E-state index in [9.17, 15) is 4.79 Å². The summed E-state index contributed by atoms with van der Waals surface area (Å²) in [5, 5.41) is 3.04. The zero-order valence-corrected chi connectivity index (χ0v) is 17.4. The van der Waals surface area contributed by atoms with Gasteiger partial charge in [-0.1, -0.05) is 111 Å². The Morgan fingerprint density at radius 3 is 1.42 bits per heavy atom. The molecule has 1 N–H and O–H groups in total. The van der Waals surface area contributed by atoms with Crippen molar-refractivity contribution in [2.45, 2.75) is 130 Å². The molecule has 0 aromatic heterocycles. The van der Waals surface area contributed by atoms with E-state index in [1.54, 1.807) is 0 Å². The zero-order valence-electron chi connectivity index (χ0n) is 17.4. The molecule has 0 unspecified atom stereocenters. The fourth-order valence-corrected chi connectivity index (χ4v) is 2.82. The summed E-state index contributed by atoms with van der Waals surface area (Å²) in [6.07, 6.45) is 20.5. The van der Waals surface area contributed by atoms with Crippen molar-refractivity contribution in [3.05, 3.63) is 0 Å². The molecule has 0 aliphatic rings. The molecule has 0 radical (unpaired) electrons. The predicted octanol–water partition coefficient (Wildman–Crippen LogP) is 7.41. The Kier molecular flexibility index (Phi) is 26.5. The molecule has 0 heterocycles. The molecule has 2 nitrogen and oxygen atoms in total. The molecule has 0 aromatic carbocycles. The van der Waals surface area contributed by atoms with Crippen LogP contribution >= 0.6 is 0 Å². The van der Waals surface area contributed by atoms with Gasteiger partial charge in [0.15, 0.2) is 0 Å². The van der Waals surface area contributed by atoms with Crippen LogP contribution in [0.3, 0.4) is 0 Å². The molecule has 0 atom stereocenters. The van der Waals surface area contributed by atoms with Crippen LogP contribution in [-0.2, 0) is 4.79 Å². The number of carbonyl (C=O) groups is 1. The molecular formula is C22H47NO. The molecule has 0 aliphatic carbocycles. The minimum Gasteiger partial charge on any atom is -0.356 e. The summed E-state index contributed by atoms with van der Waals surface area (Å²) in [7, 11) is 0. The first-order valence-electron chi connectivity index (χ1n) is 11.1. The van der Waals surface area contributed by atoms with Gasteiger partial charge in [-0.25, -0.2) is 0 Å². The molecule has 1 amide bonds. The van der Waals surface area contributed by atoms with Gasteiger partial charge in [0, 0.05) is 13.0 Å². The molecule has 0 fully saturated rings. The Labute approximate surface area is 153 Å². The van der Waals surface area contributed by atoms with Gasteiger partial charge in [-0.15, -0.1) is 0 Å². The average molecular weight is 342 g/mol. The summed E-state index contributed by atoms with van der Waals surface area (Å²) in [6.45, 7) is 9.32. The van der Waals surface area contributed by atoms with Crippen LogP contribution in [0.1, 0.15) is 130 Å². The van der Waals surface area contributed by atoms with E-state index >= 15 is 0 Å². The van der Waals surface area contributed by atoms with Gasteiger partial charge >= 0.3 is 0 Å². The highest BCUT2D eigenvalue weighted by Gasteiger charge is 1.99. The maximum Gasteiger partial charge on any atom is 0.219 e. The second-order valence-electron chi connectivity index (χ2n) is 6.70. The maximum atomic E-state index is 11.5. The molecule has 0 bridgehead atoms. The van der Waals surface area contributed by atoms with Crippen molar-refractivity contribution >= 4 is 5.91 Å². The zero-order chi connectivity index (χ0) is 18.3. The lowest BCUT2D eigenvalue weighted by Gasteiger charge is -2.05. The van der Waals surface area contributed by atoms with Gasteiger partial charge in [-0.3, -0.25) is 4.79 Å². The second kappa shape index (κ2) is 24.7. The van der Waals surface area contributed by atoms with Crippen LogP contribution in [0, 0.1) is 0 Å².